The summed E-state index contributed by atoms with van der Waals surface area (Å²) >= 11 is 0. The first kappa shape index (κ1) is 44.4. The van der Waals surface area contributed by atoms with Gasteiger partial charge in [0.15, 0.2) is 0 Å². The number of nitrogens with zero attached hydrogens (tertiary/aromatic N) is 4. The van der Waals surface area contributed by atoms with Crippen molar-refractivity contribution in [2.45, 2.75) is 96.3 Å². The molecule has 0 saturated carbocycles. The summed E-state index contributed by atoms with van der Waals surface area (Å²) in [5, 5.41) is 7.33. The second-order valence-corrected chi connectivity index (χ2v) is 17.3. The summed E-state index contributed by atoms with van der Waals surface area (Å²) in [4.78, 5) is 73.2. The number of benzene rings is 3. The zero-order chi connectivity index (χ0) is 45.4. The molecule has 4 N–H and O–H groups in total. The summed E-state index contributed by atoms with van der Waals surface area (Å²) in [5.41, 5.74) is 6.43. The molecule has 3 aromatic carbocycles. The number of likely N-dealkylation sites (tertiary alicyclic amines) is 2. The van der Waals surface area contributed by atoms with Crippen LogP contribution in [0.5, 0.6) is 5.75 Å². The molecule has 1 unspecified atom stereocenters. The van der Waals surface area contributed by atoms with Crippen molar-refractivity contribution < 1.29 is 42.9 Å². The van der Waals surface area contributed by atoms with Crippen molar-refractivity contribution in [3.63, 3.8) is 0 Å². The van der Waals surface area contributed by atoms with E-state index in [-0.39, 0.29) is 35.7 Å². The Balaban J connectivity index is 1.05. The third-order valence-electron chi connectivity index (χ3n) is 13.4. The van der Waals surface area contributed by atoms with Gasteiger partial charge in [0.05, 0.1) is 61.9 Å². The van der Waals surface area contributed by atoms with Gasteiger partial charge in [-0.05, 0) is 85.4 Å². The van der Waals surface area contributed by atoms with E-state index in [1.807, 2.05) is 44.0 Å². The number of imidazole rings is 2. The van der Waals surface area contributed by atoms with Crippen molar-refractivity contribution in [3.05, 3.63) is 65.9 Å². The van der Waals surface area contributed by atoms with Crippen molar-refractivity contribution in [2.75, 3.05) is 41.6 Å². The van der Waals surface area contributed by atoms with Crippen LogP contribution >= 0.6 is 0 Å². The lowest BCUT2D eigenvalue weighted by atomic mass is 9.92. The Bertz CT molecular complexity index is 2560. The van der Waals surface area contributed by atoms with Crippen LogP contribution in [0.4, 0.5) is 9.59 Å². The maximum Gasteiger partial charge on any atom is 0.407 e. The number of alkyl carbamates (subject to hydrolysis) is 2. The SMILES string of the molecule is CC[C@H](C)C(NC(=O)OC)C(=O)N1[C@@H](C)CC[C@H]1c1ncc(-c2ccc3c(c2)COc2cc4c(ccc5[nH]c([C@@H]6C[C@H](COC)CN6C(=O)[C@H](NC(=O)OC)[C@@H](C)OC)nc54)cc2-3)[nH]1. The fraction of sp³-hybridized carbons (Fsp3) is 0.489. The molecule has 340 valence electrons. The van der Waals surface area contributed by atoms with Crippen LogP contribution in [0.2, 0.25) is 0 Å². The highest BCUT2D eigenvalue weighted by atomic mass is 16.5. The molecule has 2 fully saturated rings. The Morgan fingerprint density at radius 3 is 2.38 bits per heavy atom. The van der Waals surface area contributed by atoms with E-state index >= 15 is 0 Å². The molecule has 5 aromatic rings. The second kappa shape index (κ2) is 18.5. The average molecular weight is 879 g/mol. The lowest BCUT2D eigenvalue weighted by molar-refractivity contribution is -0.138. The van der Waals surface area contributed by atoms with Crippen LogP contribution in [0, 0.1) is 11.8 Å². The first-order valence-electron chi connectivity index (χ1n) is 22.0. The summed E-state index contributed by atoms with van der Waals surface area (Å²) in [6, 6.07) is 12.2. The normalized spacial score (nSPS) is 21.1. The highest BCUT2D eigenvalue weighted by Crippen LogP contribution is 2.44. The molecule has 17 nitrogen and oxygen atoms in total. The van der Waals surface area contributed by atoms with Gasteiger partial charge in [-0.2, -0.15) is 0 Å². The number of amides is 4. The fourth-order valence-corrected chi connectivity index (χ4v) is 9.60. The van der Waals surface area contributed by atoms with Gasteiger partial charge in [0.1, 0.15) is 36.1 Å². The van der Waals surface area contributed by atoms with Gasteiger partial charge in [0.25, 0.3) is 0 Å². The maximum absolute atomic E-state index is 14.1. The predicted octanol–water partition coefficient (Wildman–Crippen LogP) is 6.78. The molecule has 5 heterocycles. The first-order valence-corrected chi connectivity index (χ1v) is 22.0. The van der Waals surface area contributed by atoms with E-state index in [9.17, 15) is 19.2 Å². The monoisotopic (exact) mass is 878 g/mol. The van der Waals surface area contributed by atoms with E-state index in [1.54, 1.807) is 18.9 Å². The molecule has 64 heavy (non-hydrogen) atoms. The molecule has 4 amide bonds. The number of methoxy groups -OCH3 is 4. The van der Waals surface area contributed by atoms with Crippen LogP contribution in [0.15, 0.2) is 48.7 Å². The van der Waals surface area contributed by atoms with Gasteiger partial charge >= 0.3 is 12.2 Å². The molecule has 8 rings (SSSR count). The van der Waals surface area contributed by atoms with Crippen LogP contribution in [0.1, 0.15) is 82.7 Å². The van der Waals surface area contributed by atoms with Crippen LogP contribution in [0.25, 0.3) is 44.2 Å². The van der Waals surface area contributed by atoms with Crippen LogP contribution in [0.3, 0.4) is 0 Å². The minimum Gasteiger partial charge on any atom is -0.488 e. The number of nitrogens with one attached hydrogen (secondary N) is 4. The lowest BCUT2D eigenvalue weighted by Crippen LogP contribution is -2.54. The van der Waals surface area contributed by atoms with Crippen molar-refractivity contribution in [1.29, 1.82) is 0 Å². The number of hydrogen-bond acceptors (Lipinski definition) is 11. The van der Waals surface area contributed by atoms with Gasteiger partial charge in [-0.1, -0.05) is 38.5 Å². The number of H-pyrrole nitrogens is 2. The minimum absolute atomic E-state index is 0.0241. The molecule has 2 saturated heterocycles. The Kier molecular flexibility index (Phi) is 12.8. The Hall–Kier alpha value is -6.20. The van der Waals surface area contributed by atoms with E-state index < -0.39 is 36.4 Å². The number of rotatable bonds is 13. The molecule has 8 atom stereocenters. The highest BCUT2D eigenvalue weighted by Gasteiger charge is 2.44. The smallest absolute Gasteiger partial charge is 0.407 e. The Labute approximate surface area is 371 Å². The van der Waals surface area contributed by atoms with Crippen molar-refractivity contribution >= 4 is 45.8 Å². The topological polar surface area (TPSA) is 202 Å². The summed E-state index contributed by atoms with van der Waals surface area (Å²) in [6.45, 7) is 8.97. The number of carbonyl (C=O) groups is 4. The fourth-order valence-electron chi connectivity index (χ4n) is 9.60. The van der Waals surface area contributed by atoms with E-state index in [4.69, 9.17) is 33.7 Å². The van der Waals surface area contributed by atoms with Crippen molar-refractivity contribution in [2.24, 2.45) is 11.8 Å². The molecular weight excluding hydrogens is 821 g/mol. The number of ether oxygens (including phenoxy) is 5. The van der Waals surface area contributed by atoms with Crippen molar-refractivity contribution in [3.8, 4) is 28.1 Å². The van der Waals surface area contributed by atoms with Gasteiger partial charge in [0.2, 0.25) is 11.8 Å². The first-order chi connectivity index (χ1) is 30.9. The largest absolute Gasteiger partial charge is 0.488 e. The lowest BCUT2D eigenvalue weighted by Gasteiger charge is -2.33. The summed E-state index contributed by atoms with van der Waals surface area (Å²) in [5.74, 6) is 1.62. The maximum atomic E-state index is 14.1. The predicted molar refractivity (Wildman–Crippen MR) is 238 cm³/mol. The molecular formula is C47H58N8O9. The molecule has 17 heteroatoms. The number of aromatic amines is 2. The third kappa shape index (κ3) is 8.33. The van der Waals surface area contributed by atoms with E-state index in [1.165, 1.54) is 21.3 Å². The average Bonchev–Trinajstić information content (AvgIpc) is 4.14. The molecule has 0 aliphatic carbocycles. The highest BCUT2D eigenvalue weighted by molar-refractivity contribution is 6.07. The number of hydrogen-bond donors (Lipinski definition) is 4. The minimum atomic E-state index is -0.971. The van der Waals surface area contributed by atoms with Crippen LogP contribution in [-0.2, 0) is 35.1 Å². The third-order valence-corrected chi connectivity index (χ3v) is 13.4. The van der Waals surface area contributed by atoms with Gasteiger partial charge in [-0.25, -0.2) is 19.6 Å². The Morgan fingerprint density at radius 2 is 1.66 bits per heavy atom. The van der Waals surface area contributed by atoms with E-state index in [0.29, 0.717) is 44.2 Å². The zero-order valence-corrected chi connectivity index (χ0v) is 37.7. The number of fused-ring (bicyclic) bond motifs is 6. The zero-order valence-electron chi connectivity index (χ0n) is 37.7. The van der Waals surface area contributed by atoms with E-state index in [2.05, 4.69) is 50.9 Å². The molecule has 0 spiro atoms. The van der Waals surface area contributed by atoms with Gasteiger partial charge in [-0.15, -0.1) is 0 Å². The molecule has 2 aromatic heterocycles. The van der Waals surface area contributed by atoms with Crippen LogP contribution < -0.4 is 15.4 Å². The number of aromatic nitrogens is 4. The van der Waals surface area contributed by atoms with Gasteiger partial charge in [0, 0.05) is 43.7 Å². The molecule has 0 radical (unpaired) electrons. The molecule has 3 aliphatic rings. The Morgan fingerprint density at radius 1 is 0.891 bits per heavy atom. The van der Waals surface area contributed by atoms with Crippen molar-refractivity contribution in [1.82, 2.24) is 40.4 Å². The second-order valence-electron chi connectivity index (χ2n) is 17.3. The van der Waals surface area contributed by atoms with Gasteiger partial charge in [-0.3, -0.25) is 9.59 Å². The molecule has 0 bridgehead atoms. The quantitative estimate of drug-likeness (QED) is 0.0971. The van der Waals surface area contributed by atoms with Crippen LogP contribution in [-0.4, -0.2) is 120 Å². The summed E-state index contributed by atoms with van der Waals surface area (Å²) in [6.07, 6.45) is 2.75. The standard InChI is InChI=1S/C47H58N8O9/c1-9-24(2)39(52-46(58)62-7)45(57)55-25(3)10-15-36(55)42-48-20-35(50-42)29-11-13-31-30(17-29)23-64-38-19-32-28(18-33(31)38)12-14-34-41(32)51-43(49-34)37-16-27(22-60-5)21-54(37)44(56)40(26(4)61-6)53-47(59)63-8/h11-14,17-20,24-27,36-37,39-40H,9-10,15-16,21-23H2,1-8H3,(H,48,50)(H,49,51)(H,52,58)(H,53,59)/t24-,25-,26+,27-,36-,37-,39?,40+/m0/s1. The summed E-state index contributed by atoms with van der Waals surface area (Å²) < 4.78 is 27.1. The molecule has 3 aliphatic heterocycles. The summed E-state index contributed by atoms with van der Waals surface area (Å²) in [7, 11) is 5.69. The number of carbonyl (C=O) groups excluding carboxylic acids is 4. The van der Waals surface area contributed by atoms with E-state index in [0.717, 1.165) is 68.3 Å². The van der Waals surface area contributed by atoms with Gasteiger partial charge < -0.3 is 54.1 Å².